The molecule has 1 aliphatic rings. The number of hydrogen-bond acceptors (Lipinski definition) is 2. The van der Waals surface area contributed by atoms with Gasteiger partial charge in [-0.05, 0) is 50.8 Å². The first kappa shape index (κ1) is 14.0. The Bertz CT molecular complexity index is 473. The van der Waals surface area contributed by atoms with Crippen LogP contribution >= 0.6 is 0 Å². The van der Waals surface area contributed by atoms with E-state index in [2.05, 4.69) is 0 Å². The zero-order valence-corrected chi connectivity index (χ0v) is 11.5. The molecule has 19 heavy (non-hydrogen) atoms. The van der Waals surface area contributed by atoms with Crippen LogP contribution in [-0.4, -0.2) is 29.4 Å². The van der Waals surface area contributed by atoms with Crippen LogP contribution in [0.3, 0.4) is 0 Å². The van der Waals surface area contributed by atoms with Crippen molar-refractivity contribution in [2.45, 2.75) is 45.2 Å². The minimum absolute atomic E-state index is 0.0560. The monoisotopic (exact) mass is 264 g/mol. The third kappa shape index (κ3) is 2.95. The second-order valence-corrected chi connectivity index (χ2v) is 5.38. The number of carbonyl (C=O) groups is 1. The lowest BCUT2D eigenvalue weighted by atomic mass is 9.96. The van der Waals surface area contributed by atoms with Gasteiger partial charge in [0.25, 0.3) is 5.91 Å². The Labute approximate surface area is 113 Å². The molecular formula is C15H21FN2O. The first-order valence-electron chi connectivity index (χ1n) is 6.83. The Morgan fingerprint density at radius 3 is 2.84 bits per heavy atom. The molecule has 3 nitrogen and oxygen atoms in total. The molecule has 0 saturated carbocycles. The second kappa shape index (κ2) is 5.70. The molecule has 2 atom stereocenters. The molecule has 4 heteroatoms. The fourth-order valence-electron chi connectivity index (χ4n) is 2.65. The van der Waals surface area contributed by atoms with E-state index in [0.717, 1.165) is 19.3 Å². The van der Waals surface area contributed by atoms with Crippen molar-refractivity contribution in [2.24, 2.45) is 5.73 Å². The number of likely N-dealkylation sites (tertiary alicyclic amines) is 1. The number of hydrogen-bond donors (Lipinski definition) is 1. The van der Waals surface area contributed by atoms with E-state index in [4.69, 9.17) is 5.73 Å². The van der Waals surface area contributed by atoms with Crippen LogP contribution in [0.25, 0.3) is 0 Å². The standard InChI is InChI=1S/C15H21FN2O/c1-10-6-7-12(9-13(10)16)15(19)18-8-4-3-5-14(18)11(2)17/h6-7,9,11,14H,3-5,8,17H2,1-2H3. The quantitative estimate of drug-likeness (QED) is 0.892. The van der Waals surface area contributed by atoms with Crippen LogP contribution in [0.15, 0.2) is 18.2 Å². The van der Waals surface area contributed by atoms with Gasteiger partial charge in [-0.15, -0.1) is 0 Å². The normalized spacial score (nSPS) is 21.3. The number of nitrogens with zero attached hydrogens (tertiary/aromatic N) is 1. The molecule has 0 spiro atoms. The van der Waals surface area contributed by atoms with Gasteiger partial charge in [-0.1, -0.05) is 6.07 Å². The van der Waals surface area contributed by atoms with Gasteiger partial charge < -0.3 is 10.6 Å². The van der Waals surface area contributed by atoms with E-state index in [1.807, 2.05) is 6.92 Å². The molecule has 0 aromatic heterocycles. The highest BCUT2D eigenvalue weighted by Crippen LogP contribution is 2.22. The minimum atomic E-state index is -0.333. The van der Waals surface area contributed by atoms with E-state index in [0.29, 0.717) is 17.7 Å². The molecule has 1 fully saturated rings. The summed E-state index contributed by atoms with van der Waals surface area (Å²) in [7, 11) is 0. The van der Waals surface area contributed by atoms with Crippen LogP contribution in [0.1, 0.15) is 42.1 Å². The molecule has 2 rings (SSSR count). The van der Waals surface area contributed by atoms with E-state index in [9.17, 15) is 9.18 Å². The van der Waals surface area contributed by atoms with Crippen LogP contribution in [0, 0.1) is 12.7 Å². The molecule has 0 aliphatic carbocycles. The molecule has 2 N–H and O–H groups in total. The van der Waals surface area contributed by atoms with Crippen LogP contribution in [0.2, 0.25) is 0 Å². The molecule has 1 heterocycles. The summed E-state index contributed by atoms with van der Waals surface area (Å²) in [5, 5.41) is 0. The van der Waals surface area contributed by atoms with Crippen LogP contribution < -0.4 is 5.73 Å². The van der Waals surface area contributed by atoms with Gasteiger partial charge >= 0.3 is 0 Å². The fraction of sp³-hybridized carbons (Fsp3) is 0.533. The predicted molar refractivity (Wildman–Crippen MR) is 73.5 cm³/mol. The molecule has 104 valence electrons. The number of piperidine rings is 1. The highest BCUT2D eigenvalue weighted by molar-refractivity contribution is 5.94. The van der Waals surface area contributed by atoms with Crippen molar-refractivity contribution in [3.8, 4) is 0 Å². The Morgan fingerprint density at radius 2 is 2.21 bits per heavy atom. The molecule has 2 unspecified atom stereocenters. The zero-order valence-electron chi connectivity index (χ0n) is 11.5. The lowest BCUT2D eigenvalue weighted by Gasteiger charge is -2.38. The first-order chi connectivity index (χ1) is 9.00. The van der Waals surface area contributed by atoms with Gasteiger partial charge in [0.1, 0.15) is 5.82 Å². The van der Waals surface area contributed by atoms with E-state index in [1.54, 1.807) is 24.0 Å². The number of carbonyl (C=O) groups excluding carboxylic acids is 1. The van der Waals surface area contributed by atoms with Crippen molar-refractivity contribution in [2.75, 3.05) is 6.54 Å². The van der Waals surface area contributed by atoms with Crippen molar-refractivity contribution in [3.05, 3.63) is 35.1 Å². The molecule has 0 radical (unpaired) electrons. The summed E-state index contributed by atoms with van der Waals surface area (Å²) in [5.41, 5.74) is 6.93. The SMILES string of the molecule is Cc1ccc(C(=O)N2CCCCC2C(C)N)cc1F. The number of halogens is 1. The minimum Gasteiger partial charge on any atom is -0.334 e. The van der Waals surface area contributed by atoms with Gasteiger partial charge in [0.15, 0.2) is 0 Å². The van der Waals surface area contributed by atoms with Crippen molar-refractivity contribution < 1.29 is 9.18 Å². The van der Waals surface area contributed by atoms with Crippen molar-refractivity contribution >= 4 is 5.91 Å². The van der Waals surface area contributed by atoms with Gasteiger partial charge in [0.05, 0.1) is 0 Å². The average molecular weight is 264 g/mol. The highest BCUT2D eigenvalue weighted by Gasteiger charge is 2.29. The molecule has 1 aromatic rings. The second-order valence-electron chi connectivity index (χ2n) is 5.38. The average Bonchev–Trinajstić information content (AvgIpc) is 2.41. The van der Waals surface area contributed by atoms with Gasteiger partial charge in [-0.25, -0.2) is 4.39 Å². The number of rotatable bonds is 2. The number of aryl methyl sites for hydroxylation is 1. The summed E-state index contributed by atoms with van der Waals surface area (Å²) < 4.78 is 13.6. The van der Waals surface area contributed by atoms with Crippen molar-refractivity contribution in [1.82, 2.24) is 4.90 Å². The molecular weight excluding hydrogens is 243 g/mol. The maximum Gasteiger partial charge on any atom is 0.254 e. The van der Waals surface area contributed by atoms with Gasteiger partial charge in [-0.3, -0.25) is 4.79 Å². The molecule has 0 bridgehead atoms. The Hall–Kier alpha value is -1.42. The Morgan fingerprint density at radius 1 is 1.47 bits per heavy atom. The summed E-state index contributed by atoms with van der Waals surface area (Å²) in [6, 6.07) is 4.66. The van der Waals surface area contributed by atoms with Crippen molar-refractivity contribution in [1.29, 1.82) is 0 Å². The topological polar surface area (TPSA) is 46.3 Å². The summed E-state index contributed by atoms with van der Waals surface area (Å²) in [6.45, 7) is 4.32. The maximum atomic E-state index is 13.6. The van der Waals surface area contributed by atoms with Gasteiger partial charge in [0, 0.05) is 24.2 Å². The van der Waals surface area contributed by atoms with Gasteiger partial charge in [0.2, 0.25) is 0 Å². The molecule has 1 saturated heterocycles. The summed E-state index contributed by atoms with van der Waals surface area (Å²) >= 11 is 0. The summed E-state index contributed by atoms with van der Waals surface area (Å²) in [5.74, 6) is -0.443. The Balaban J connectivity index is 2.23. The third-order valence-corrected chi connectivity index (χ3v) is 3.84. The highest BCUT2D eigenvalue weighted by atomic mass is 19.1. The Kier molecular flexibility index (Phi) is 4.20. The number of amides is 1. The first-order valence-corrected chi connectivity index (χ1v) is 6.83. The lowest BCUT2D eigenvalue weighted by Crippen LogP contribution is -2.51. The summed E-state index contributed by atoms with van der Waals surface area (Å²) in [4.78, 5) is 14.3. The van der Waals surface area contributed by atoms with Crippen LogP contribution in [0.4, 0.5) is 4.39 Å². The molecule has 1 aliphatic heterocycles. The maximum absolute atomic E-state index is 13.6. The predicted octanol–water partition coefficient (Wildman–Crippen LogP) is 2.48. The van der Waals surface area contributed by atoms with E-state index in [1.165, 1.54) is 6.07 Å². The third-order valence-electron chi connectivity index (χ3n) is 3.84. The van der Waals surface area contributed by atoms with Crippen LogP contribution in [-0.2, 0) is 0 Å². The number of nitrogens with two attached hydrogens (primary N) is 1. The largest absolute Gasteiger partial charge is 0.334 e. The van der Waals surface area contributed by atoms with Gasteiger partial charge in [-0.2, -0.15) is 0 Å². The van der Waals surface area contributed by atoms with Crippen LogP contribution in [0.5, 0.6) is 0 Å². The number of benzene rings is 1. The van der Waals surface area contributed by atoms with Crippen molar-refractivity contribution in [3.63, 3.8) is 0 Å². The summed E-state index contributed by atoms with van der Waals surface area (Å²) in [6.07, 6.45) is 3.01. The molecule has 1 amide bonds. The van der Waals surface area contributed by atoms with E-state index in [-0.39, 0.29) is 23.8 Å². The van der Waals surface area contributed by atoms with E-state index >= 15 is 0 Å². The van der Waals surface area contributed by atoms with E-state index < -0.39 is 0 Å². The smallest absolute Gasteiger partial charge is 0.254 e. The fourth-order valence-corrected chi connectivity index (χ4v) is 2.65. The lowest BCUT2D eigenvalue weighted by molar-refractivity contribution is 0.0583. The molecule has 1 aromatic carbocycles. The zero-order chi connectivity index (χ0) is 14.0.